The number of rotatable bonds is 9. The molecule has 0 aliphatic rings. The van der Waals surface area contributed by atoms with Crippen LogP contribution in [0.5, 0.6) is 0 Å². The number of sulfonamides is 1. The maximum absolute atomic E-state index is 12.2. The van der Waals surface area contributed by atoms with E-state index in [0.717, 1.165) is 16.7 Å². The first-order valence-corrected chi connectivity index (χ1v) is 12.0. The molecule has 2 aromatic rings. The van der Waals surface area contributed by atoms with Gasteiger partial charge in [0.25, 0.3) is 0 Å². The van der Waals surface area contributed by atoms with Crippen molar-refractivity contribution in [1.29, 1.82) is 0 Å². The molecule has 0 heterocycles. The fourth-order valence-electron chi connectivity index (χ4n) is 3.09. The molecule has 0 aliphatic heterocycles. The summed E-state index contributed by atoms with van der Waals surface area (Å²) in [6.07, 6.45) is 1.14. The van der Waals surface area contributed by atoms with Gasteiger partial charge in [0.1, 0.15) is 0 Å². The Morgan fingerprint density at radius 3 is 1.97 bits per heavy atom. The molecular weight excluding hydrogens is 396 g/mol. The Bertz CT molecular complexity index is 926. The fourth-order valence-corrected chi connectivity index (χ4v) is 4.52. The van der Waals surface area contributed by atoms with E-state index in [4.69, 9.17) is 0 Å². The minimum absolute atomic E-state index is 0.00249. The van der Waals surface area contributed by atoms with Gasteiger partial charge in [-0.15, -0.1) is 0 Å². The highest BCUT2D eigenvalue weighted by Gasteiger charge is 2.14. The Labute approximate surface area is 181 Å². The summed E-state index contributed by atoms with van der Waals surface area (Å²) in [6, 6.07) is 15.6. The lowest BCUT2D eigenvalue weighted by Crippen LogP contribution is -2.31. The molecule has 6 heteroatoms. The number of amides is 1. The number of nitrogens with one attached hydrogen (secondary N) is 2. The highest BCUT2D eigenvalue weighted by atomic mass is 32.2. The molecular formula is C24H34N2O3S. The van der Waals surface area contributed by atoms with Crippen LogP contribution in [0.25, 0.3) is 0 Å². The topological polar surface area (TPSA) is 75.3 Å². The zero-order chi connectivity index (χ0) is 22.4. The van der Waals surface area contributed by atoms with Crippen molar-refractivity contribution < 1.29 is 13.2 Å². The van der Waals surface area contributed by atoms with Crippen LogP contribution in [0.4, 0.5) is 0 Å². The van der Waals surface area contributed by atoms with E-state index in [9.17, 15) is 13.2 Å². The molecule has 0 unspecified atom stereocenters. The van der Waals surface area contributed by atoms with Gasteiger partial charge in [0.05, 0.1) is 5.75 Å². The van der Waals surface area contributed by atoms with Crippen molar-refractivity contribution in [2.45, 2.75) is 71.2 Å². The average Bonchev–Trinajstić information content (AvgIpc) is 2.64. The van der Waals surface area contributed by atoms with Crippen molar-refractivity contribution in [3.8, 4) is 0 Å². The van der Waals surface area contributed by atoms with E-state index in [0.29, 0.717) is 19.4 Å². The first-order valence-electron chi connectivity index (χ1n) is 10.4. The second-order valence-electron chi connectivity index (χ2n) is 9.07. The maximum atomic E-state index is 12.2. The summed E-state index contributed by atoms with van der Waals surface area (Å²) in [7, 11) is -3.34. The largest absolute Gasteiger partial charge is 0.352 e. The van der Waals surface area contributed by atoms with Crippen molar-refractivity contribution in [2.24, 2.45) is 0 Å². The highest BCUT2D eigenvalue weighted by molar-refractivity contribution is 7.88. The minimum atomic E-state index is -3.34. The third-order valence-corrected chi connectivity index (χ3v) is 6.29. The quantitative estimate of drug-likeness (QED) is 0.630. The molecule has 5 nitrogen and oxygen atoms in total. The van der Waals surface area contributed by atoms with Crippen molar-refractivity contribution in [3.63, 3.8) is 0 Å². The molecule has 0 atom stereocenters. The predicted molar refractivity (Wildman–Crippen MR) is 123 cm³/mol. The zero-order valence-corrected chi connectivity index (χ0v) is 19.5. The van der Waals surface area contributed by atoms with E-state index in [1.807, 2.05) is 12.1 Å². The molecule has 164 valence electrons. The van der Waals surface area contributed by atoms with Gasteiger partial charge in [0.2, 0.25) is 15.9 Å². The number of aryl methyl sites for hydroxylation is 1. The Balaban J connectivity index is 1.79. The first-order chi connectivity index (χ1) is 13.9. The van der Waals surface area contributed by atoms with Gasteiger partial charge in [-0.2, -0.15) is 0 Å². The minimum Gasteiger partial charge on any atom is -0.352 e. The standard InChI is InChI=1S/C24H34N2O3S/c1-18(2)26-30(28,29)17-21-8-6-20(7-9-21)16-25-23(27)15-12-19-10-13-22(14-11-19)24(3,4)5/h6-11,13-14,18,26H,12,15-17H2,1-5H3,(H,25,27). The van der Waals surface area contributed by atoms with E-state index in [-0.39, 0.29) is 23.1 Å². The maximum Gasteiger partial charge on any atom is 0.220 e. The van der Waals surface area contributed by atoms with Crippen LogP contribution in [0.15, 0.2) is 48.5 Å². The Kier molecular flexibility index (Phi) is 8.21. The van der Waals surface area contributed by atoms with Gasteiger partial charge < -0.3 is 5.32 Å². The lowest BCUT2D eigenvalue weighted by Gasteiger charge is -2.19. The Morgan fingerprint density at radius 2 is 1.43 bits per heavy atom. The van der Waals surface area contributed by atoms with E-state index in [1.54, 1.807) is 26.0 Å². The van der Waals surface area contributed by atoms with Crippen molar-refractivity contribution in [2.75, 3.05) is 0 Å². The zero-order valence-electron chi connectivity index (χ0n) is 18.7. The van der Waals surface area contributed by atoms with Gasteiger partial charge in [0, 0.05) is 19.0 Å². The SMILES string of the molecule is CC(C)NS(=O)(=O)Cc1ccc(CNC(=O)CCc2ccc(C(C)(C)C)cc2)cc1. The molecule has 0 bridgehead atoms. The number of carbonyl (C=O) groups is 1. The molecule has 1 amide bonds. The molecule has 2 rings (SSSR count). The summed E-state index contributed by atoms with van der Waals surface area (Å²) in [5.74, 6) is -0.0473. The van der Waals surface area contributed by atoms with Crippen LogP contribution in [0, 0.1) is 0 Å². The highest BCUT2D eigenvalue weighted by Crippen LogP contribution is 2.22. The summed E-state index contributed by atoms with van der Waals surface area (Å²) in [5, 5.41) is 2.93. The van der Waals surface area contributed by atoms with Crippen LogP contribution in [-0.2, 0) is 39.0 Å². The van der Waals surface area contributed by atoms with Crippen LogP contribution < -0.4 is 10.0 Å². The monoisotopic (exact) mass is 430 g/mol. The third-order valence-electron chi connectivity index (χ3n) is 4.75. The van der Waals surface area contributed by atoms with Gasteiger partial charge in [0.15, 0.2) is 0 Å². The molecule has 2 N–H and O–H groups in total. The lowest BCUT2D eigenvalue weighted by atomic mass is 9.86. The van der Waals surface area contributed by atoms with E-state index in [2.05, 4.69) is 55.1 Å². The van der Waals surface area contributed by atoms with Crippen molar-refractivity contribution in [3.05, 3.63) is 70.8 Å². The molecule has 0 fully saturated rings. The second-order valence-corrected chi connectivity index (χ2v) is 10.8. The van der Waals surface area contributed by atoms with E-state index in [1.165, 1.54) is 5.56 Å². The third kappa shape index (κ3) is 8.28. The summed E-state index contributed by atoms with van der Waals surface area (Å²) >= 11 is 0. The van der Waals surface area contributed by atoms with Gasteiger partial charge in [-0.05, 0) is 47.9 Å². The van der Waals surface area contributed by atoms with Gasteiger partial charge >= 0.3 is 0 Å². The normalized spacial score (nSPS) is 12.2. The molecule has 0 saturated heterocycles. The number of hydrogen-bond acceptors (Lipinski definition) is 3. The average molecular weight is 431 g/mol. The summed E-state index contributed by atoms with van der Waals surface area (Å²) in [6.45, 7) is 10.6. The molecule has 0 radical (unpaired) electrons. The van der Waals surface area contributed by atoms with Gasteiger partial charge in [-0.3, -0.25) is 4.79 Å². The summed E-state index contributed by atoms with van der Waals surface area (Å²) in [5.41, 5.74) is 4.22. The van der Waals surface area contributed by atoms with Crippen LogP contribution in [-0.4, -0.2) is 20.4 Å². The smallest absolute Gasteiger partial charge is 0.220 e. The van der Waals surface area contributed by atoms with Crippen LogP contribution in [0.1, 0.15) is 63.3 Å². The second kappa shape index (κ2) is 10.2. The molecule has 0 aromatic heterocycles. The van der Waals surface area contributed by atoms with E-state index < -0.39 is 10.0 Å². The Morgan fingerprint density at radius 1 is 0.900 bits per heavy atom. The Hall–Kier alpha value is -2.18. The van der Waals surface area contributed by atoms with Crippen LogP contribution in [0.2, 0.25) is 0 Å². The first kappa shape index (κ1) is 24.1. The molecule has 0 aliphatic carbocycles. The van der Waals surface area contributed by atoms with Crippen LogP contribution in [0.3, 0.4) is 0 Å². The van der Waals surface area contributed by atoms with Crippen LogP contribution >= 0.6 is 0 Å². The van der Waals surface area contributed by atoms with Crippen molar-refractivity contribution in [1.82, 2.24) is 10.0 Å². The fraction of sp³-hybridized carbons (Fsp3) is 0.458. The molecule has 2 aromatic carbocycles. The van der Waals surface area contributed by atoms with E-state index >= 15 is 0 Å². The molecule has 0 saturated carbocycles. The number of benzene rings is 2. The number of hydrogen-bond donors (Lipinski definition) is 2. The van der Waals surface area contributed by atoms with Crippen molar-refractivity contribution >= 4 is 15.9 Å². The summed E-state index contributed by atoms with van der Waals surface area (Å²) in [4.78, 5) is 12.2. The van der Waals surface area contributed by atoms with Gasteiger partial charge in [-0.1, -0.05) is 69.3 Å². The van der Waals surface area contributed by atoms with Gasteiger partial charge in [-0.25, -0.2) is 13.1 Å². The predicted octanol–water partition coefficient (Wildman–Crippen LogP) is 4.06. The summed E-state index contributed by atoms with van der Waals surface area (Å²) < 4.78 is 26.6. The molecule has 30 heavy (non-hydrogen) atoms. The number of carbonyl (C=O) groups excluding carboxylic acids is 1. The molecule has 0 spiro atoms. The lowest BCUT2D eigenvalue weighted by molar-refractivity contribution is -0.121.